The highest BCUT2D eigenvalue weighted by Crippen LogP contribution is 2.23. The highest BCUT2D eigenvalue weighted by molar-refractivity contribution is 6.05. The summed E-state index contributed by atoms with van der Waals surface area (Å²) in [5.41, 5.74) is 1.66. The van der Waals surface area contributed by atoms with Crippen molar-refractivity contribution < 1.29 is 23.1 Å². The van der Waals surface area contributed by atoms with Gasteiger partial charge in [-0.25, -0.2) is 13.6 Å². The molecule has 27 heavy (non-hydrogen) atoms. The van der Waals surface area contributed by atoms with Crippen LogP contribution >= 0.6 is 0 Å². The fourth-order valence-corrected chi connectivity index (χ4v) is 2.69. The van der Waals surface area contributed by atoms with Gasteiger partial charge in [-0.2, -0.15) is 0 Å². The highest BCUT2D eigenvalue weighted by atomic mass is 19.1. The van der Waals surface area contributed by atoms with E-state index in [1.54, 1.807) is 38.1 Å². The van der Waals surface area contributed by atoms with E-state index in [4.69, 9.17) is 4.74 Å². The number of hydrogen-bond donors (Lipinski definition) is 1. The molecule has 0 bridgehead atoms. The van der Waals surface area contributed by atoms with Gasteiger partial charge in [-0.3, -0.25) is 9.78 Å². The maximum atomic E-state index is 13.6. The third-order valence-corrected chi connectivity index (χ3v) is 4.14. The van der Waals surface area contributed by atoms with Crippen LogP contribution in [0, 0.1) is 25.5 Å². The van der Waals surface area contributed by atoms with Crippen LogP contribution < -0.4 is 5.32 Å². The van der Waals surface area contributed by atoms with Gasteiger partial charge in [0.15, 0.2) is 6.61 Å². The van der Waals surface area contributed by atoms with Gasteiger partial charge in [-0.1, -0.05) is 24.3 Å². The van der Waals surface area contributed by atoms with Gasteiger partial charge in [0.25, 0.3) is 5.91 Å². The number of halogens is 2. The fourth-order valence-electron chi connectivity index (χ4n) is 2.69. The molecule has 1 heterocycles. The summed E-state index contributed by atoms with van der Waals surface area (Å²) >= 11 is 0. The van der Waals surface area contributed by atoms with Crippen molar-refractivity contribution in [3.8, 4) is 0 Å². The van der Waals surface area contributed by atoms with Crippen molar-refractivity contribution in [3.63, 3.8) is 0 Å². The van der Waals surface area contributed by atoms with Crippen LogP contribution in [0.3, 0.4) is 0 Å². The van der Waals surface area contributed by atoms with Gasteiger partial charge in [-0.05, 0) is 37.6 Å². The van der Waals surface area contributed by atoms with Crippen molar-refractivity contribution >= 4 is 28.5 Å². The molecule has 0 spiro atoms. The quantitative estimate of drug-likeness (QED) is 0.707. The SMILES string of the molecule is Cc1nc2ccccc2c(C(=O)OCC(=O)Nc2c(F)cccc2F)c1C. The molecule has 0 aliphatic heterocycles. The van der Waals surface area contributed by atoms with Crippen LogP contribution in [0.25, 0.3) is 10.9 Å². The van der Waals surface area contributed by atoms with Crippen LogP contribution in [0.1, 0.15) is 21.6 Å². The molecule has 0 aliphatic rings. The average Bonchev–Trinajstić information content (AvgIpc) is 2.64. The predicted molar refractivity (Wildman–Crippen MR) is 96.5 cm³/mol. The first-order valence-corrected chi connectivity index (χ1v) is 8.15. The van der Waals surface area contributed by atoms with Gasteiger partial charge in [0.05, 0.1) is 11.1 Å². The molecule has 2 aromatic carbocycles. The number of rotatable bonds is 4. The zero-order valence-electron chi connectivity index (χ0n) is 14.7. The Hall–Kier alpha value is -3.35. The van der Waals surface area contributed by atoms with Crippen molar-refractivity contribution in [1.82, 2.24) is 4.98 Å². The van der Waals surface area contributed by atoms with E-state index in [9.17, 15) is 18.4 Å². The summed E-state index contributed by atoms with van der Waals surface area (Å²) in [6, 6.07) is 10.3. The number of ether oxygens (including phenoxy) is 1. The number of fused-ring (bicyclic) bond motifs is 1. The van der Waals surface area contributed by atoms with Crippen LogP contribution in [0.2, 0.25) is 0 Å². The minimum Gasteiger partial charge on any atom is -0.452 e. The monoisotopic (exact) mass is 370 g/mol. The molecule has 0 radical (unpaired) electrons. The summed E-state index contributed by atoms with van der Waals surface area (Å²) in [6.45, 7) is 2.83. The molecular formula is C20H16F2N2O3. The van der Waals surface area contributed by atoms with Crippen molar-refractivity contribution in [2.45, 2.75) is 13.8 Å². The Morgan fingerprint density at radius 1 is 1.04 bits per heavy atom. The zero-order chi connectivity index (χ0) is 19.6. The lowest BCUT2D eigenvalue weighted by molar-refractivity contribution is -0.119. The summed E-state index contributed by atoms with van der Waals surface area (Å²) in [6.07, 6.45) is 0. The lowest BCUT2D eigenvalue weighted by atomic mass is 10.0. The van der Waals surface area contributed by atoms with Crippen LogP contribution in [0.5, 0.6) is 0 Å². The number of esters is 1. The average molecular weight is 370 g/mol. The van der Waals surface area contributed by atoms with E-state index in [2.05, 4.69) is 10.3 Å². The number of amides is 1. The predicted octanol–water partition coefficient (Wildman–Crippen LogP) is 3.93. The van der Waals surface area contributed by atoms with Crippen molar-refractivity contribution in [2.75, 3.05) is 11.9 Å². The maximum Gasteiger partial charge on any atom is 0.339 e. The van der Waals surface area contributed by atoms with Crippen LogP contribution in [-0.2, 0) is 9.53 Å². The van der Waals surface area contributed by atoms with E-state index in [1.807, 2.05) is 0 Å². The van der Waals surface area contributed by atoms with Gasteiger partial charge in [0.1, 0.15) is 17.3 Å². The smallest absolute Gasteiger partial charge is 0.339 e. The lowest BCUT2D eigenvalue weighted by Gasteiger charge is -2.12. The summed E-state index contributed by atoms with van der Waals surface area (Å²) in [5, 5.41) is 2.67. The Morgan fingerprint density at radius 2 is 1.70 bits per heavy atom. The second kappa shape index (κ2) is 7.49. The van der Waals surface area contributed by atoms with Gasteiger partial charge in [0, 0.05) is 11.1 Å². The molecule has 0 saturated carbocycles. The Kier molecular flexibility index (Phi) is 5.12. The Morgan fingerprint density at radius 3 is 2.41 bits per heavy atom. The number of pyridine rings is 1. The maximum absolute atomic E-state index is 13.6. The number of anilines is 1. The first kappa shape index (κ1) is 18.4. The van der Waals surface area contributed by atoms with Gasteiger partial charge < -0.3 is 10.1 Å². The van der Waals surface area contributed by atoms with E-state index in [0.717, 1.165) is 12.1 Å². The Balaban J connectivity index is 1.78. The molecule has 0 saturated heterocycles. The number of hydrogen-bond acceptors (Lipinski definition) is 4. The molecular weight excluding hydrogens is 354 g/mol. The van der Waals surface area contributed by atoms with E-state index in [-0.39, 0.29) is 0 Å². The molecule has 3 aromatic rings. The fraction of sp³-hybridized carbons (Fsp3) is 0.150. The molecule has 1 amide bonds. The van der Waals surface area contributed by atoms with E-state index >= 15 is 0 Å². The van der Waals surface area contributed by atoms with Gasteiger partial charge in [-0.15, -0.1) is 0 Å². The largest absolute Gasteiger partial charge is 0.452 e. The first-order valence-electron chi connectivity index (χ1n) is 8.15. The second-order valence-corrected chi connectivity index (χ2v) is 5.94. The van der Waals surface area contributed by atoms with E-state index in [1.165, 1.54) is 6.07 Å². The molecule has 1 aromatic heterocycles. The standard InChI is InChI=1S/C20H16F2N2O3/c1-11-12(2)23-16-9-4-3-6-13(16)18(11)20(26)27-10-17(25)24-19-14(21)7-5-8-15(19)22/h3-9H,10H2,1-2H3,(H,24,25). The summed E-state index contributed by atoms with van der Waals surface area (Å²) in [4.78, 5) is 28.9. The minimum atomic E-state index is -0.915. The third kappa shape index (κ3) is 3.76. The number of carbonyl (C=O) groups is 2. The number of nitrogens with one attached hydrogen (secondary N) is 1. The molecule has 5 nitrogen and oxygen atoms in total. The normalized spacial score (nSPS) is 10.7. The summed E-state index contributed by atoms with van der Waals surface area (Å²) < 4.78 is 32.2. The number of carbonyl (C=O) groups excluding carboxylic acids is 2. The topological polar surface area (TPSA) is 68.3 Å². The van der Waals surface area contributed by atoms with Gasteiger partial charge >= 0.3 is 5.97 Å². The number of benzene rings is 2. The highest BCUT2D eigenvalue weighted by Gasteiger charge is 2.19. The molecule has 138 valence electrons. The van der Waals surface area contributed by atoms with E-state index < -0.39 is 35.8 Å². The van der Waals surface area contributed by atoms with Crippen molar-refractivity contribution in [2.24, 2.45) is 0 Å². The molecule has 0 fully saturated rings. The van der Waals surface area contributed by atoms with Crippen molar-refractivity contribution in [1.29, 1.82) is 0 Å². The summed E-state index contributed by atoms with van der Waals surface area (Å²) in [7, 11) is 0. The molecule has 0 aliphatic carbocycles. The second-order valence-electron chi connectivity index (χ2n) is 5.94. The number of para-hydroxylation sites is 2. The Bertz CT molecular complexity index is 1030. The number of aryl methyl sites for hydroxylation is 1. The lowest BCUT2D eigenvalue weighted by Crippen LogP contribution is -2.22. The zero-order valence-corrected chi connectivity index (χ0v) is 14.7. The van der Waals surface area contributed by atoms with Crippen LogP contribution in [-0.4, -0.2) is 23.5 Å². The molecule has 0 atom stereocenters. The van der Waals surface area contributed by atoms with Crippen LogP contribution in [0.4, 0.5) is 14.5 Å². The van der Waals surface area contributed by atoms with Gasteiger partial charge in [0.2, 0.25) is 0 Å². The molecule has 0 unspecified atom stereocenters. The third-order valence-electron chi connectivity index (χ3n) is 4.14. The van der Waals surface area contributed by atoms with E-state index in [0.29, 0.717) is 27.7 Å². The van der Waals surface area contributed by atoms with Crippen LogP contribution in [0.15, 0.2) is 42.5 Å². The summed E-state index contributed by atoms with van der Waals surface area (Å²) in [5.74, 6) is -3.39. The number of nitrogens with zero attached hydrogens (tertiary/aromatic N) is 1. The number of aromatic nitrogens is 1. The first-order chi connectivity index (χ1) is 12.9. The molecule has 3 rings (SSSR count). The molecule has 7 heteroatoms. The van der Waals surface area contributed by atoms with Crippen molar-refractivity contribution in [3.05, 3.63) is 70.9 Å². The Labute approximate surface area is 154 Å². The minimum absolute atomic E-state index is 0.308. The molecule has 1 N–H and O–H groups in total.